The van der Waals surface area contributed by atoms with E-state index in [9.17, 15) is 18.0 Å². The van der Waals surface area contributed by atoms with Crippen LogP contribution in [0.5, 0.6) is 11.5 Å². The van der Waals surface area contributed by atoms with Gasteiger partial charge in [-0.15, -0.1) is 0 Å². The van der Waals surface area contributed by atoms with Crippen molar-refractivity contribution in [2.24, 2.45) is 0 Å². The number of ether oxygens (including phenoxy) is 2. The van der Waals surface area contributed by atoms with Crippen LogP contribution in [0.15, 0.2) is 95.9 Å². The first-order chi connectivity index (χ1) is 23.4. The Labute approximate surface area is 302 Å². The molecular weight excluding hydrogens is 709 g/mol. The maximum absolute atomic E-state index is 14.7. The normalized spacial score (nSPS) is 12.5. The first-order valence-electron chi connectivity index (χ1n) is 15.5. The quantitative estimate of drug-likeness (QED) is 0.136. The zero-order valence-corrected chi connectivity index (χ0v) is 30.6. The van der Waals surface area contributed by atoms with E-state index in [1.807, 2.05) is 44.2 Å². The number of carbonyl (C=O) groups is 2. The molecule has 1 N–H and O–H groups in total. The number of hydrogen-bond donors (Lipinski definition) is 1. The Kier molecular flexibility index (Phi) is 13.2. The summed E-state index contributed by atoms with van der Waals surface area (Å²) in [7, 11) is -1.57. The minimum atomic E-state index is -4.40. The predicted molar refractivity (Wildman–Crippen MR) is 194 cm³/mol. The van der Waals surface area contributed by atoms with Crippen molar-refractivity contribution < 1.29 is 27.5 Å². The van der Waals surface area contributed by atoms with E-state index in [1.165, 1.54) is 61.6 Å². The number of nitrogens with zero attached hydrogens (tertiary/aromatic N) is 2. The Balaban J connectivity index is 1.85. The van der Waals surface area contributed by atoms with Crippen LogP contribution in [0, 0.1) is 0 Å². The monoisotopic (exact) mass is 745 g/mol. The number of methoxy groups -OCH3 is 2. The van der Waals surface area contributed by atoms with Crippen LogP contribution in [0.1, 0.15) is 31.4 Å². The fourth-order valence-corrected chi connectivity index (χ4v) is 7.09. The molecule has 0 saturated heterocycles. The van der Waals surface area contributed by atoms with Crippen molar-refractivity contribution in [3.05, 3.63) is 117 Å². The van der Waals surface area contributed by atoms with Gasteiger partial charge in [0.05, 0.1) is 24.8 Å². The van der Waals surface area contributed by atoms with Gasteiger partial charge in [0, 0.05) is 40.1 Å². The first kappa shape index (κ1) is 37.9. The molecule has 49 heavy (non-hydrogen) atoms. The molecule has 0 saturated carbocycles. The lowest BCUT2D eigenvalue weighted by molar-refractivity contribution is -0.140. The molecule has 260 valence electrons. The molecule has 0 bridgehead atoms. The zero-order chi connectivity index (χ0) is 35.7. The maximum Gasteiger partial charge on any atom is 0.264 e. The van der Waals surface area contributed by atoms with Crippen molar-refractivity contribution in [2.75, 3.05) is 25.1 Å². The maximum atomic E-state index is 14.7. The van der Waals surface area contributed by atoms with Gasteiger partial charge in [0.1, 0.15) is 12.6 Å². The molecule has 13 heteroatoms. The average molecular weight is 747 g/mol. The summed E-state index contributed by atoms with van der Waals surface area (Å²) in [5.74, 6) is -0.519. The molecular formula is C36H38Cl3N3O6S. The molecule has 0 aliphatic heterocycles. The molecule has 0 radical (unpaired) electrons. The summed E-state index contributed by atoms with van der Waals surface area (Å²) >= 11 is 18.9. The van der Waals surface area contributed by atoms with Crippen LogP contribution in [0.4, 0.5) is 5.69 Å². The highest BCUT2D eigenvalue weighted by Crippen LogP contribution is 2.33. The standard InChI is InChI=1S/C36H38Cl3N3O6S/c1-5-24(2)40-36(44)32(19-25-9-7-6-8-10-25)41(22-26-11-12-28(38)20-31(26)39)35(43)23-42(29-15-13-27(37)14-16-29)49(45,46)30-17-18-33(47-3)34(21-30)48-4/h6-18,20-21,24,32H,5,19,22-23H2,1-4H3,(H,40,44)/t24-,32-/m0/s1. The van der Waals surface area contributed by atoms with E-state index < -0.39 is 34.4 Å². The summed E-state index contributed by atoms with van der Waals surface area (Å²) in [6, 6.07) is 23.2. The van der Waals surface area contributed by atoms with Crippen LogP contribution < -0.4 is 19.1 Å². The smallest absolute Gasteiger partial charge is 0.264 e. The number of rotatable bonds is 15. The Morgan fingerprint density at radius 3 is 2.10 bits per heavy atom. The highest BCUT2D eigenvalue weighted by molar-refractivity contribution is 7.92. The molecule has 0 aromatic heterocycles. The van der Waals surface area contributed by atoms with Crippen molar-refractivity contribution in [3.63, 3.8) is 0 Å². The van der Waals surface area contributed by atoms with Crippen molar-refractivity contribution in [1.29, 1.82) is 0 Å². The molecule has 0 fully saturated rings. The van der Waals surface area contributed by atoms with E-state index in [0.29, 0.717) is 32.8 Å². The van der Waals surface area contributed by atoms with Gasteiger partial charge in [-0.1, -0.05) is 78.1 Å². The molecule has 0 aliphatic carbocycles. The molecule has 9 nitrogen and oxygen atoms in total. The van der Waals surface area contributed by atoms with E-state index >= 15 is 0 Å². The van der Waals surface area contributed by atoms with Crippen LogP contribution >= 0.6 is 34.8 Å². The van der Waals surface area contributed by atoms with Gasteiger partial charge in [0.2, 0.25) is 11.8 Å². The lowest BCUT2D eigenvalue weighted by Crippen LogP contribution is -2.54. The second kappa shape index (κ2) is 17.1. The van der Waals surface area contributed by atoms with E-state index in [2.05, 4.69) is 5.32 Å². The van der Waals surface area contributed by atoms with Crippen LogP contribution in [-0.4, -0.2) is 58.0 Å². The Hall–Kier alpha value is -3.96. The van der Waals surface area contributed by atoms with Gasteiger partial charge in [-0.05, 0) is 73.0 Å². The highest BCUT2D eigenvalue weighted by atomic mass is 35.5. The van der Waals surface area contributed by atoms with Crippen molar-refractivity contribution in [1.82, 2.24) is 10.2 Å². The van der Waals surface area contributed by atoms with Gasteiger partial charge in [-0.2, -0.15) is 0 Å². The van der Waals surface area contributed by atoms with E-state index in [4.69, 9.17) is 44.3 Å². The topological polar surface area (TPSA) is 105 Å². The lowest BCUT2D eigenvalue weighted by atomic mass is 10.0. The van der Waals surface area contributed by atoms with Gasteiger partial charge < -0.3 is 19.7 Å². The third-order valence-electron chi connectivity index (χ3n) is 7.96. The molecule has 4 rings (SSSR count). The van der Waals surface area contributed by atoms with Gasteiger partial charge in [-0.3, -0.25) is 13.9 Å². The Morgan fingerprint density at radius 2 is 1.49 bits per heavy atom. The number of halogens is 3. The second-order valence-electron chi connectivity index (χ2n) is 11.3. The minimum absolute atomic E-state index is 0.106. The molecule has 2 amide bonds. The third-order valence-corrected chi connectivity index (χ3v) is 10.6. The number of anilines is 1. The fraction of sp³-hybridized carbons (Fsp3) is 0.278. The molecule has 4 aromatic rings. The predicted octanol–water partition coefficient (Wildman–Crippen LogP) is 7.41. The van der Waals surface area contributed by atoms with Crippen LogP contribution in [0.25, 0.3) is 0 Å². The van der Waals surface area contributed by atoms with Gasteiger partial charge in [-0.25, -0.2) is 8.42 Å². The van der Waals surface area contributed by atoms with Crippen LogP contribution in [0.2, 0.25) is 15.1 Å². The fourth-order valence-electron chi connectivity index (χ4n) is 5.07. The molecule has 0 aliphatic rings. The van der Waals surface area contributed by atoms with Crippen LogP contribution in [0.3, 0.4) is 0 Å². The Morgan fingerprint density at radius 1 is 0.837 bits per heavy atom. The summed E-state index contributed by atoms with van der Waals surface area (Å²) in [6.45, 7) is 3.05. The summed E-state index contributed by atoms with van der Waals surface area (Å²) in [5, 5.41) is 4.07. The third kappa shape index (κ3) is 9.60. The average Bonchev–Trinajstić information content (AvgIpc) is 3.09. The largest absolute Gasteiger partial charge is 0.493 e. The van der Waals surface area contributed by atoms with Crippen molar-refractivity contribution in [3.8, 4) is 11.5 Å². The summed E-state index contributed by atoms with van der Waals surface area (Å²) < 4.78 is 40.4. The first-order valence-corrected chi connectivity index (χ1v) is 18.0. The van der Waals surface area contributed by atoms with E-state index in [1.54, 1.807) is 18.2 Å². The molecule has 0 unspecified atom stereocenters. The lowest BCUT2D eigenvalue weighted by Gasteiger charge is -2.34. The molecule has 0 spiro atoms. The molecule has 4 aromatic carbocycles. The van der Waals surface area contributed by atoms with Gasteiger partial charge in [0.25, 0.3) is 10.0 Å². The summed E-state index contributed by atoms with van der Waals surface area (Å²) in [5.41, 5.74) is 1.51. The number of carbonyl (C=O) groups excluding carboxylic acids is 2. The molecule has 2 atom stereocenters. The number of amides is 2. The molecule has 0 heterocycles. The van der Waals surface area contributed by atoms with E-state index in [0.717, 1.165) is 9.87 Å². The van der Waals surface area contributed by atoms with Gasteiger partial charge >= 0.3 is 0 Å². The van der Waals surface area contributed by atoms with Crippen molar-refractivity contribution >= 4 is 62.3 Å². The Bertz CT molecular complexity index is 1860. The number of sulfonamides is 1. The minimum Gasteiger partial charge on any atom is -0.493 e. The number of benzene rings is 4. The van der Waals surface area contributed by atoms with Crippen LogP contribution in [-0.2, 0) is 32.6 Å². The van der Waals surface area contributed by atoms with E-state index in [-0.39, 0.29) is 35.3 Å². The summed E-state index contributed by atoms with van der Waals surface area (Å²) in [6.07, 6.45) is 0.818. The highest BCUT2D eigenvalue weighted by Gasteiger charge is 2.35. The number of nitrogens with one attached hydrogen (secondary N) is 1. The van der Waals surface area contributed by atoms with Crippen molar-refractivity contribution in [2.45, 2.75) is 50.2 Å². The zero-order valence-electron chi connectivity index (χ0n) is 27.5. The SMILES string of the molecule is CC[C@H](C)NC(=O)[C@H](Cc1ccccc1)N(Cc1ccc(Cl)cc1Cl)C(=O)CN(c1ccc(Cl)cc1)S(=O)(=O)c1ccc(OC)c(OC)c1. The number of hydrogen-bond acceptors (Lipinski definition) is 6. The summed E-state index contributed by atoms with van der Waals surface area (Å²) in [4.78, 5) is 29.9. The second-order valence-corrected chi connectivity index (χ2v) is 14.4. The van der Waals surface area contributed by atoms with Gasteiger partial charge in [0.15, 0.2) is 11.5 Å².